The van der Waals surface area contributed by atoms with Gasteiger partial charge in [-0.2, -0.15) is 4.98 Å². The van der Waals surface area contributed by atoms with Crippen LogP contribution in [0.1, 0.15) is 38.7 Å². The van der Waals surface area contributed by atoms with E-state index in [9.17, 15) is 9.59 Å². The highest BCUT2D eigenvalue weighted by Gasteiger charge is 2.18. The number of oxime groups is 1. The van der Waals surface area contributed by atoms with E-state index in [1.807, 2.05) is 13.8 Å². The number of nitrogens with zero attached hydrogens (tertiary/aromatic N) is 4. The highest BCUT2D eigenvalue weighted by Crippen LogP contribution is 2.15. The van der Waals surface area contributed by atoms with Gasteiger partial charge in [-0.3, -0.25) is 9.78 Å². The fraction of sp³-hybridized carbons (Fsp3) is 0.579. The van der Waals surface area contributed by atoms with Crippen molar-refractivity contribution >= 4 is 16.9 Å². The number of fused-ring (bicyclic) bond motifs is 1. The molecule has 0 aliphatic carbocycles. The van der Waals surface area contributed by atoms with Crippen molar-refractivity contribution in [2.45, 2.75) is 39.5 Å². The lowest BCUT2D eigenvalue weighted by Crippen LogP contribution is -2.47. The fourth-order valence-electron chi connectivity index (χ4n) is 3.24. The van der Waals surface area contributed by atoms with Crippen molar-refractivity contribution in [3.63, 3.8) is 0 Å². The molecule has 2 aromatic heterocycles. The molecule has 0 spiro atoms. The maximum atomic E-state index is 12.5. The molecule has 1 fully saturated rings. The third-order valence-electron chi connectivity index (χ3n) is 4.90. The first-order chi connectivity index (χ1) is 13.5. The van der Waals surface area contributed by atoms with Gasteiger partial charge in [0.1, 0.15) is 11.2 Å². The van der Waals surface area contributed by atoms with E-state index in [0.29, 0.717) is 23.8 Å². The Labute approximate surface area is 163 Å². The van der Waals surface area contributed by atoms with Gasteiger partial charge >= 0.3 is 11.6 Å². The van der Waals surface area contributed by atoms with Gasteiger partial charge in [-0.05, 0) is 25.5 Å². The summed E-state index contributed by atoms with van der Waals surface area (Å²) in [5, 5.41) is 4.47. The topological polar surface area (TPSA) is 104 Å². The van der Waals surface area contributed by atoms with Crippen LogP contribution in [0.15, 0.2) is 25.2 Å². The quantitative estimate of drug-likeness (QED) is 0.454. The fourth-order valence-corrected chi connectivity index (χ4v) is 3.24. The van der Waals surface area contributed by atoms with Crippen LogP contribution in [0.25, 0.3) is 11.1 Å². The number of aromatic amines is 1. The van der Waals surface area contributed by atoms with E-state index in [0.717, 1.165) is 44.9 Å². The highest BCUT2D eigenvalue weighted by molar-refractivity contribution is 5.81. The smallest absolute Gasteiger partial charge is 0.337 e. The van der Waals surface area contributed by atoms with Crippen LogP contribution in [0.2, 0.25) is 0 Å². The number of aryl methyl sites for hydroxylation is 1. The molecule has 3 rings (SSSR count). The van der Waals surface area contributed by atoms with E-state index < -0.39 is 11.2 Å². The number of hydrogen-bond acceptors (Lipinski definition) is 7. The normalized spacial score (nSPS) is 16.0. The van der Waals surface area contributed by atoms with E-state index in [4.69, 9.17) is 9.25 Å². The van der Waals surface area contributed by atoms with Crippen LogP contribution in [0.4, 0.5) is 0 Å². The molecule has 0 unspecified atom stereocenters. The van der Waals surface area contributed by atoms with Gasteiger partial charge in [-0.1, -0.05) is 25.4 Å². The van der Waals surface area contributed by atoms with Crippen molar-refractivity contribution in [3.05, 3.63) is 32.4 Å². The summed E-state index contributed by atoms with van der Waals surface area (Å²) in [5.74, 6) is 0.786. The van der Waals surface area contributed by atoms with Gasteiger partial charge in [0.05, 0.1) is 0 Å². The largest absolute Gasteiger partial charge is 0.403 e. The van der Waals surface area contributed by atoms with Crippen LogP contribution in [0, 0.1) is 0 Å². The maximum Gasteiger partial charge on any atom is 0.337 e. The number of piperazine rings is 1. The third kappa shape index (κ3) is 4.59. The molecular formula is C19H27N5O4. The molecule has 3 heterocycles. The SMILES string of the molecule is CCCCc1cc(=O)oc2nc(ON=C(CC)N3CCN(C)CC3)[nH]c(=O)c12. The van der Waals surface area contributed by atoms with Crippen molar-refractivity contribution in [1.82, 2.24) is 19.8 Å². The molecule has 1 aliphatic rings. The minimum atomic E-state index is -0.530. The van der Waals surface area contributed by atoms with Crippen LogP contribution in [0.5, 0.6) is 6.01 Å². The lowest BCUT2D eigenvalue weighted by Gasteiger charge is -2.33. The lowest BCUT2D eigenvalue weighted by molar-refractivity contribution is 0.205. The summed E-state index contributed by atoms with van der Waals surface area (Å²) in [6.07, 6.45) is 3.13. The average molecular weight is 389 g/mol. The second kappa shape index (κ2) is 9.01. The van der Waals surface area contributed by atoms with Gasteiger partial charge in [0, 0.05) is 38.7 Å². The molecule has 9 heteroatoms. The number of aromatic nitrogens is 2. The summed E-state index contributed by atoms with van der Waals surface area (Å²) in [7, 11) is 2.09. The van der Waals surface area contributed by atoms with Crippen molar-refractivity contribution in [2.75, 3.05) is 33.2 Å². The lowest BCUT2D eigenvalue weighted by atomic mass is 10.1. The predicted molar refractivity (Wildman–Crippen MR) is 107 cm³/mol. The molecule has 1 saturated heterocycles. The molecule has 0 aromatic carbocycles. The molecule has 1 N–H and O–H groups in total. The number of hydrogen-bond donors (Lipinski definition) is 1. The van der Waals surface area contributed by atoms with E-state index in [2.05, 4.69) is 32.0 Å². The summed E-state index contributed by atoms with van der Waals surface area (Å²) in [6.45, 7) is 7.68. The summed E-state index contributed by atoms with van der Waals surface area (Å²) in [6, 6.07) is 1.27. The van der Waals surface area contributed by atoms with Gasteiger partial charge in [0.15, 0.2) is 0 Å². The molecule has 152 valence electrons. The minimum absolute atomic E-state index is 0.0230. The van der Waals surface area contributed by atoms with Crippen LogP contribution in [-0.4, -0.2) is 58.8 Å². The van der Waals surface area contributed by atoms with E-state index in [1.165, 1.54) is 6.07 Å². The van der Waals surface area contributed by atoms with Crippen molar-refractivity contribution in [2.24, 2.45) is 5.16 Å². The van der Waals surface area contributed by atoms with Crippen LogP contribution in [-0.2, 0) is 6.42 Å². The Hall–Kier alpha value is -2.68. The number of H-pyrrole nitrogens is 1. The molecule has 2 aromatic rings. The Morgan fingerprint density at radius 1 is 1.29 bits per heavy atom. The zero-order chi connectivity index (χ0) is 20.1. The highest BCUT2D eigenvalue weighted by atomic mass is 16.6. The van der Waals surface area contributed by atoms with Crippen molar-refractivity contribution < 1.29 is 9.25 Å². The molecule has 9 nitrogen and oxygen atoms in total. The Bertz CT molecular complexity index is 957. The second-order valence-corrected chi connectivity index (χ2v) is 6.99. The maximum absolute atomic E-state index is 12.5. The zero-order valence-electron chi connectivity index (χ0n) is 16.7. The van der Waals surface area contributed by atoms with Gasteiger partial charge in [0.2, 0.25) is 5.71 Å². The van der Waals surface area contributed by atoms with E-state index in [1.54, 1.807) is 0 Å². The molecule has 0 bridgehead atoms. The predicted octanol–water partition coefficient (Wildman–Crippen LogP) is 1.57. The Kier molecular flexibility index (Phi) is 6.45. The van der Waals surface area contributed by atoms with Crippen LogP contribution < -0.4 is 16.0 Å². The van der Waals surface area contributed by atoms with Gasteiger partial charge < -0.3 is 19.1 Å². The number of likely N-dealkylation sites (N-methyl/N-ethyl adjacent to an activating group) is 1. The summed E-state index contributed by atoms with van der Waals surface area (Å²) in [4.78, 5) is 40.9. The molecule has 28 heavy (non-hydrogen) atoms. The Balaban J connectivity index is 1.87. The first kappa shape index (κ1) is 20.1. The monoisotopic (exact) mass is 389 g/mol. The summed E-state index contributed by atoms with van der Waals surface area (Å²) >= 11 is 0. The molecule has 0 saturated carbocycles. The first-order valence-electron chi connectivity index (χ1n) is 9.76. The molecule has 0 amide bonds. The third-order valence-corrected chi connectivity index (χ3v) is 4.90. The number of rotatable bonds is 6. The van der Waals surface area contributed by atoms with Crippen LogP contribution >= 0.6 is 0 Å². The average Bonchev–Trinajstić information content (AvgIpc) is 2.67. The van der Waals surface area contributed by atoms with Crippen molar-refractivity contribution in [3.8, 4) is 6.01 Å². The first-order valence-corrected chi connectivity index (χ1v) is 9.76. The Morgan fingerprint density at radius 3 is 2.71 bits per heavy atom. The molecule has 1 aliphatic heterocycles. The summed E-state index contributed by atoms with van der Waals surface area (Å²) in [5.41, 5.74) is -0.311. The number of nitrogens with one attached hydrogen (secondary N) is 1. The van der Waals surface area contributed by atoms with Gasteiger partial charge in [0.25, 0.3) is 5.56 Å². The Morgan fingerprint density at radius 2 is 2.04 bits per heavy atom. The van der Waals surface area contributed by atoms with E-state index in [-0.39, 0.29) is 11.7 Å². The summed E-state index contributed by atoms with van der Waals surface area (Å²) < 4.78 is 5.13. The number of amidine groups is 1. The molecular weight excluding hydrogens is 362 g/mol. The van der Waals surface area contributed by atoms with Crippen molar-refractivity contribution in [1.29, 1.82) is 0 Å². The van der Waals surface area contributed by atoms with Crippen LogP contribution in [0.3, 0.4) is 0 Å². The van der Waals surface area contributed by atoms with Gasteiger partial charge in [-0.15, -0.1) is 0 Å². The minimum Gasteiger partial charge on any atom is -0.403 e. The molecule has 0 atom stereocenters. The van der Waals surface area contributed by atoms with Gasteiger partial charge in [-0.25, -0.2) is 4.79 Å². The van der Waals surface area contributed by atoms with E-state index >= 15 is 0 Å². The molecule has 0 radical (unpaired) electrons. The number of unbranched alkanes of at least 4 members (excludes halogenated alkanes) is 1. The zero-order valence-corrected chi connectivity index (χ0v) is 16.7. The second-order valence-electron chi connectivity index (χ2n) is 6.99. The standard InChI is InChI=1S/C19H27N5O4/c1-4-6-7-13-12-15(25)27-18-16(13)17(26)20-19(21-18)28-22-14(5-2)24-10-8-23(3)9-11-24/h12H,4-11H2,1-3H3,(H,20,21,26).